The van der Waals surface area contributed by atoms with E-state index in [1.165, 1.54) is 0 Å². The highest BCUT2D eigenvalue weighted by Crippen LogP contribution is 1.96. The zero-order chi connectivity index (χ0) is 11.3. The number of hydrogen-bond acceptors (Lipinski definition) is 5. The second-order valence-electron chi connectivity index (χ2n) is 3.30. The Hall–Kier alpha value is -1.65. The van der Waals surface area contributed by atoms with Gasteiger partial charge in [0.2, 0.25) is 11.8 Å². The van der Waals surface area contributed by atoms with Gasteiger partial charge in [0.15, 0.2) is 6.29 Å². The molecule has 7 nitrogen and oxygen atoms in total. The summed E-state index contributed by atoms with van der Waals surface area (Å²) in [4.78, 5) is 22.0. The summed E-state index contributed by atoms with van der Waals surface area (Å²) < 4.78 is 0. The topological polar surface area (TPSA) is 106 Å². The van der Waals surface area contributed by atoms with Crippen LogP contribution in [0.15, 0.2) is 0 Å². The van der Waals surface area contributed by atoms with E-state index in [2.05, 4.69) is 21.5 Å². The summed E-state index contributed by atoms with van der Waals surface area (Å²) in [6.45, 7) is 1.87. The highest BCUT2D eigenvalue weighted by molar-refractivity contribution is 5.78. The summed E-state index contributed by atoms with van der Waals surface area (Å²) in [5.41, 5.74) is 4.88. The van der Waals surface area contributed by atoms with Crippen molar-refractivity contribution >= 4 is 11.8 Å². The van der Waals surface area contributed by atoms with Crippen LogP contribution in [-0.2, 0) is 9.59 Å². The highest BCUT2D eigenvalue weighted by atomic mass is 16.2. The maximum absolute atomic E-state index is 11.1. The van der Waals surface area contributed by atoms with Gasteiger partial charge in [-0.2, -0.15) is 10.7 Å². The van der Waals surface area contributed by atoms with Crippen molar-refractivity contribution in [2.24, 2.45) is 0 Å². The van der Waals surface area contributed by atoms with Crippen LogP contribution in [0.5, 0.6) is 0 Å². The first kappa shape index (κ1) is 11.4. The lowest BCUT2D eigenvalue weighted by atomic mass is 10.2. The summed E-state index contributed by atoms with van der Waals surface area (Å²) in [7, 11) is 0. The molecule has 1 heterocycles. The molecule has 2 unspecified atom stereocenters. The Labute approximate surface area is 87.2 Å². The molecule has 15 heavy (non-hydrogen) atoms. The average molecular weight is 211 g/mol. The predicted octanol–water partition coefficient (Wildman–Crippen LogP) is -1.70. The van der Waals surface area contributed by atoms with Crippen LogP contribution in [0, 0.1) is 11.3 Å². The second kappa shape index (κ2) is 5.29. The van der Waals surface area contributed by atoms with Crippen LogP contribution in [0.4, 0.5) is 0 Å². The molecule has 1 saturated heterocycles. The first-order valence-electron chi connectivity index (χ1n) is 4.58. The highest BCUT2D eigenvalue weighted by Gasteiger charge is 2.22. The molecule has 0 aromatic rings. The summed E-state index contributed by atoms with van der Waals surface area (Å²) in [5, 5.41) is 13.8. The van der Waals surface area contributed by atoms with Gasteiger partial charge in [0.05, 0.1) is 6.07 Å². The van der Waals surface area contributed by atoms with Gasteiger partial charge >= 0.3 is 0 Å². The number of hydrazine groups is 1. The molecule has 0 saturated carbocycles. The quantitative estimate of drug-likeness (QED) is 0.416. The monoisotopic (exact) mass is 211 g/mol. The van der Waals surface area contributed by atoms with Crippen molar-refractivity contribution in [2.45, 2.75) is 32.1 Å². The number of amides is 2. The van der Waals surface area contributed by atoms with Crippen molar-refractivity contribution in [1.29, 1.82) is 5.26 Å². The largest absolute Gasteiger partial charge is 0.327 e. The lowest BCUT2D eigenvalue weighted by Crippen LogP contribution is -2.65. The summed E-state index contributed by atoms with van der Waals surface area (Å²) in [5.74, 6) is -0.528. The van der Waals surface area contributed by atoms with Crippen molar-refractivity contribution in [2.75, 3.05) is 0 Å². The molecule has 2 atom stereocenters. The van der Waals surface area contributed by atoms with Crippen LogP contribution in [0.1, 0.15) is 19.8 Å². The van der Waals surface area contributed by atoms with E-state index in [1.54, 1.807) is 6.07 Å². The van der Waals surface area contributed by atoms with E-state index in [-0.39, 0.29) is 18.4 Å². The standard InChI is InChI=1S/C8H13N5O2/c1-5-4-7(15)11-8(10-5)13-12-6(14)2-3-9/h5,8,10,13H,2,4H2,1H3,(H,11,15)(H,12,14). The van der Waals surface area contributed by atoms with Crippen LogP contribution < -0.4 is 21.5 Å². The average Bonchev–Trinajstić information content (AvgIpc) is 2.14. The first-order chi connectivity index (χ1) is 7.11. The third-order valence-corrected chi connectivity index (χ3v) is 1.84. The number of carbonyl (C=O) groups is 2. The molecule has 0 aliphatic carbocycles. The Morgan fingerprint density at radius 3 is 3.07 bits per heavy atom. The fourth-order valence-corrected chi connectivity index (χ4v) is 1.23. The Morgan fingerprint density at radius 2 is 2.47 bits per heavy atom. The Bertz CT molecular complexity index is 298. The van der Waals surface area contributed by atoms with E-state index >= 15 is 0 Å². The van der Waals surface area contributed by atoms with Crippen molar-refractivity contribution < 1.29 is 9.59 Å². The van der Waals surface area contributed by atoms with Gasteiger partial charge in [-0.25, -0.2) is 0 Å². The zero-order valence-corrected chi connectivity index (χ0v) is 8.33. The fourth-order valence-electron chi connectivity index (χ4n) is 1.23. The van der Waals surface area contributed by atoms with Gasteiger partial charge in [-0.05, 0) is 6.92 Å². The van der Waals surface area contributed by atoms with Gasteiger partial charge < -0.3 is 5.32 Å². The van der Waals surface area contributed by atoms with E-state index in [4.69, 9.17) is 5.26 Å². The van der Waals surface area contributed by atoms with Crippen molar-refractivity contribution in [1.82, 2.24) is 21.5 Å². The van der Waals surface area contributed by atoms with Gasteiger partial charge in [0, 0.05) is 12.5 Å². The van der Waals surface area contributed by atoms with Gasteiger partial charge in [0.25, 0.3) is 0 Å². The van der Waals surface area contributed by atoms with Crippen LogP contribution >= 0.6 is 0 Å². The minimum Gasteiger partial charge on any atom is -0.327 e. The summed E-state index contributed by atoms with van der Waals surface area (Å²) in [6, 6.07) is 1.76. The van der Waals surface area contributed by atoms with Crippen molar-refractivity contribution in [3.63, 3.8) is 0 Å². The van der Waals surface area contributed by atoms with Crippen LogP contribution in [0.2, 0.25) is 0 Å². The van der Waals surface area contributed by atoms with Crippen LogP contribution in [0.3, 0.4) is 0 Å². The van der Waals surface area contributed by atoms with Gasteiger partial charge in [0.1, 0.15) is 6.42 Å². The first-order valence-corrected chi connectivity index (χ1v) is 4.58. The minimum atomic E-state index is -0.496. The molecular weight excluding hydrogens is 198 g/mol. The van der Waals surface area contributed by atoms with E-state index in [0.717, 1.165) is 0 Å². The van der Waals surface area contributed by atoms with E-state index in [0.29, 0.717) is 6.42 Å². The zero-order valence-electron chi connectivity index (χ0n) is 8.33. The number of carbonyl (C=O) groups excluding carboxylic acids is 2. The molecule has 0 bridgehead atoms. The molecule has 82 valence electrons. The molecule has 2 amide bonds. The van der Waals surface area contributed by atoms with E-state index in [9.17, 15) is 9.59 Å². The molecular formula is C8H13N5O2. The molecule has 1 fully saturated rings. The Morgan fingerprint density at radius 1 is 1.73 bits per heavy atom. The molecule has 0 spiro atoms. The molecule has 7 heteroatoms. The van der Waals surface area contributed by atoms with Crippen molar-refractivity contribution in [3.05, 3.63) is 0 Å². The normalized spacial score (nSPS) is 25.2. The van der Waals surface area contributed by atoms with Gasteiger partial charge in [-0.3, -0.25) is 20.3 Å². The SMILES string of the molecule is CC1CC(=O)NC(NNC(=O)CC#N)N1. The van der Waals surface area contributed by atoms with E-state index < -0.39 is 12.2 Å². The van der Waals surface area contributed by atoms with E-state index in [1.807, 2.05) is 6.92 Å². The second-order valence-corrected chi connectivity index (χ2v) is 3.30. The maximum atomic E-state index is 11.1. The summed E-state index contributed by atoms with van der Waals surface area (Å²) >= 11 is 0. The summed E-state index contributed by atoms with van der Waals surface area (Å²) in [6.07, 6.45) is -0.308. The third kappa shape index (κ3) is 3.93. The van der Waals surface area contributed by atoms with Gasteiger partial charge in [-0.15, -0.1) is 0 Å². The lowest BCUT2D eigenvalue weighted by molar-refractivity contribution is -0.127. The molecule has 1 aliphatic rings. The maximum Gasteiger partial charge on any atom is 0.248 e. The van der Waals surface area contributed by atoms with Gasteiger partial charge in [-0.1, -0.05) is 0 Å². The third-order valence-electron chi connectivity index (χ3n) is 1.84. The molecule has 4 N–H and O–H groups in total. The van der Waals surface area contributed by atoms with Crippen LogP contribution in [-0.4, -0.2) is 24.1 Å². The molecule has 0 aromatic heterocycles. The molecule has 1 rings (SSSR count). The Kier molecular flexibility index (Phi) is 4.03. The Balaban J connectivity index is 2.29. The number of nitrogens with one attached hydrogen (secondary N) is 4. The fraction of sp³-hybridized carbons (Fsp3) is 0.625. The van der Waals surface area contributed by atoms with Crippen molar-refractivity contribution in [3.8, 4) is 6.07 Å². The molecule has 1 aliphatic heterocycles. The minimum absolute atomic E-state index is 0.0455. The predicted molar refractivity (Wildman–Crippen MR) is 50.7 cm³/mol. The molecule has 0 aromatic carbocycles. The number of nitrogens with zero attached hydrogens (tertiary/aromatic N) is 1. The number of nitriles is 1. The van der Waals surface area contributed by atoms with Crippen LogP contribution in [0.25, 0.3) is 0 Å². The molecule has 0 radical (unpaired) electrons. The number of rotatable bonds is 3. The smallest absolute Gasteiger partial charge is 0.248 e. The number of hydrogen-bond donors (Lipinski definition) is 4. The lowest BCUT2D eigenvalue weighted by Gasteiger charge is -2.29.